The molecule has 0 saturated carbocycles. The molecule has 0 spiro atoms. The number of hydrogen-bond acceptors (Lipinski definition) is 0. The minimum atomic E-state index is 1.02. The van der Waals surface area contributed by atoms with E-state index in [0.717, 1.165) is 11.8 Å². The maximum atomic E-state index is 2.36. The van der Waals surface area contributed by atoms with Crippen LogP contribution < -0.4 is 0 Å². The molecule has 0 fully saturated rings. The third-order valence-corrected chi connectivity index (χ3v) is 4.72. The first-order chi connectivity index (χ1) is 9.78. The van der Waals surface area contributed by atoms with Crippen LogP contribution in [0.4, 0.5) is 0 Å². The molecule has 0 aromatic heterocycles. The Labute approximate surface area is 130 Å². The van der Waals surface area contributed by atoms with Crippen molar-refractivity contribution in [1.82, 2.24) is 0 Å². The highest BCUT2D eigenvalue weighted by atomic mass is 14.2. The van der Waals surface area contributed by atoms with Crippen molar-refractivity contribution in [2.24, 2.45) is 11.8 Å². The molecule has 0 aliphatic rings. The summed E-state index contributed by atoms with van der Waals surface area (Å²) in [6.45, 7) is 9.37. The molecule has 0 amide bonds. The molecule has 0 aromatic carbocycles. The zero-order valence-corrected chi connectivity index (χ0v) is 15.1. The van der Waals surface area contributed by atoms with Gasteiger partial charge in [0.05, 0.1) is 0 Å². The van der Waals surface area contributed by atoms with E-state index in [1.165, 1.54) is 89.9 Å². The molecule has 1 atom stereocenters. The Morgan fingerprint density at radius 1 is 0.450 bits per heavy atom. The summed E-state index contributed by atoms with van der Waals surface area (Å²) >= 11 is 0. The highest BCUT2D eigenvalue weighted by molar-refractivity contribution is 4.67. The van der Waals surface area contributed by atoms with Crippen LogP contribution in [0.3, 0.4) is 0 Å². The summed E-state index contributed by atoms with van der Waals surface area (Å²) in [5.74, 6) is 2.04. The van der Waals surface area contributed by atoms with E-state index < -0.39 is 0 Å². The topological polar surface area (TPSA) is 0 Å². The van der Waals surface area contributed by atoms with Gasteiger partial charge in [-0.25, -0.2) is 0 Å². The largest absolute Gasteiger partial charge is 0.0654 e. The average molecular weight is 283 g/mol. The van der Waals surface area contributed by atoms with Gasteiger partial charge in [-0.2, -0.15) is 0 Å². The van der Waals surface area contributed by atoms with Crippen molar-refractivity contribution in [3.05, 3.63) is 0 Å². The minimum Gasteiger partial charge on any atom is -0.0654 e. The van der Waals surface area contributed by atoms with Crippen molar-refractivity contribution in [3.8, 4) is 0 Å². The predicted molar refractivity (Wildman–Crippen MR) is 94.3 cm³/mol. The summed E-state index contributed by atoms with van der Waals surface area (Å²) in [6, 6.07) is 0. The Kier molecular flexibility index (Phi) is 15.4. The molecule has 0 N–H and O–H groups in total. The molecule has 122 valence electrons. The number of unbranched alkanes of at least 4 members (excludes halogenated alkanes) is 5. The van der Waals surface area contributed by atoms with Gasteiger partial charge in [-0.15, -0.1) is 0 Å². The monoisotopic (exact) mass is 282 g/mol. The standard InChI is InChI=1S/C20H42/c1-5-9-10-11-12-13-17-20(16-8-4)18-19(14-6-2)15-7-3/h19-20H,5-18H2,1-4H3. The smallest absolute Gasteiger partial charge is 0.0412 e. The second kappa shape index (κ2) is 15.4. The third kappa shape index (κ3) is 11.8. The molecular formula is C20H42. The van der Waals surface area contributed by atoms with Gasteiger partial charge in [0.1, 0.15) is 0 Å². The second-order valence-corrected chi connectivity index (χ2v) is 6.89. The lowest BCUT2D eigenvalue weighted by atomic mass is 9.83. The van der Waals surface area contributed by atoms with Gasteiger partial charge >= 0.3 is 0 Å². The van der Waals surface area contributed by atoms with Gasteiger partial charge in [0.15, 0.2) is 0 Å². The van der Waals surface area contributed by atoms with Crippen molar-refractivity contribution < 1.29 is 0 Å². The molecular weight excluding hydrogens is 240 g/mol. The van der Waals surface area contributed by atoms with Crippen LogP contribution >= 0.6 is 0 Å². The fourth-order valence-corrected chi connectivity index (χ4v) is 3.67. The summed E-state index contributed by atoms with van der Waals surface area (Å²) < 4.78 is 0. The van der Waals surface area contributed by atoms with Crippen LogP contribution in [0.15, 0.2) is 0 Å². The summed E-state index contributed by atoms with van der Waals surface area (Å²) in [5, 5.41) is 0. The normalized spacial score (nSPS) is 13.1. The summed E-state index contributed by atoms with van der Waals surface area (Å²) in [4.78, 5) is 0. The molecule has 1 unspecified atom stereocenters. The fourth-order valence-electron chi connectivity index (χ4n) is 3.67. The Morgan fingerprint density at radius 2 is 0.900 bits per heavy atom. The summed E-state index contributed by atoms with van der Waals surface area (Å²) in [7, 11) is 0. The van der Waals surface area contributed by atoms with Crippen LogP contribution in [0, 0.1) is 11.8 Å². The van der Waals surface area contributed by atoms with Crippen LogP contribution in [0.25, 0.3) is 0 Å². The van der Waals surface area contributed by atoms with Gasteiger partial charge < -0.3 is 0 Å². The van der Waals surface area contributed by atoms with Crippen molar-refractivity contribution >= 4 is 0 Å². The van der Waals surface area contributed by atoms with E-state index in [9.17, 15) is 0 Å². The molecule has 0 bridgehead atoms. The Hall–Kier alpha value is 0. The first-order valence-corrected chi connectivity index (χ1v) is 9.78. The van der Waals surface area contributed by atoms with E-state index in [4.69, 9.17) is 0 Å². The predicted octanol–water partition coefficient (Wildman–Crippen LogP) is 7.76. The van der Waals surface area contributed by atoms with Gasteiger partial charge in [-0.3, -0.25) is 0 Å². The lowest BCUT2D eigenvalue weighted by Gasteiger charge is -2.23. The van der Waals surface area contributed by atoms with E-state index in [1.54, 1.807) is 0 Å². The second-order valence-electron chi connectivity index (χ2n) is 6.89. The third-order valence-electron chi connectivity index (χ3n) is 4.72. The quantitative estimate of drug-likeness (QED) is 0.269. The summed E-state index contributed by atoms with van der Waals surface area (Å²) in [5.41, 5.74) is 0. The van der Waals surface area contributed by atoms with Gasteiger partial charge in [0.25, 0.3) is 0 Å². The van der Waals surface area contributed by atoms with Gasteiger partial charge in [0, 0.05) is 0 Å². The van der Waals surface area contributed by atoms with Crippen molar-refractivity contribution in [3.63, 3.8) is 0 Å². The zero-order valence-electron chi connectivity index (χ0n) is 15.1. The molecule has 0 heterocycles. The Balaban J connectivity index is 3.88. The minimum absolute atomic E-state index is 1.02. The van der Waals surface area contributed by atoms with Crippen molar-refractivity contribution in [2.45, 2.75) is 118 Å². The lowest BCUT2D eigenvalue weighted by Crippen LogP contribution is -2.09. The molecule has 0 aliphatic heterocycles. The highest BCUT2D eigenvalue weighted by Gasteiger charge is 2.14. The van der Waals surface area contributed by atoms with Crippen LogP contribution in [0.1, 0.15) is 118 Å². The molecule has 0 heteroatoms. The molecule has 0 nitrogen and oxygen atoms in total. The maximum Gasteiger partial charge on any atom is -0.0412 e. The van der Waals surface area contributed by atoms with Crippen LogP contribution in [0.2, 0.25) is 0 Å². The number of rotatable bonds is 15. The van der Waals surface area contributed by atoms with Crippen molar-refractivity contribution in [1.29, 1.82) is 0 Å². The molecule has 0 rings (SSSR count). The maximum absolute atomic E-state index is 2.36. The van der Waals surface area contributed by atoms with E-state index in [2.05, 4.69) is 27.7 Å². The lowest BCUT2D eigenvalue weighted by molar-refractivity contribution is 0.296. The Morgan fingerprint density at radius 3 is 1.40 bits per heavy atom. The first kappa shape index (κ1) is 20.0. The molecule has 20 heavy (non-hydrogen) atoms. The van der Waals surface area contributed by atoms with Gasteiger partial charge in [0.2, 0.25) is 0 Å². The highest BCUT2D eigenvalue weighted by Crippen LogP contribution is 2.28. The molecule has 0 radical (unpaired) electrons. The molecule has 0 aromatic rings. The van der Waals surface area contributed by atoms with E-state index >= 15 is 0 Å². The SMILES string of the molecule is CCCCCCCCC(CCC)CC(CCC)CCC. The summed E-state index contributed by atoms with van der Waals surface area (Å²) in [6.07, 6.45) is 20.3. The fraction of sp³-hybridized carbons (Fsp3) is 1.00. The van der Waals surface area contributed by atoms with E-state index in [1.807, 2.05) is 0 Å². The first-order valence-electron chi connectivity index (χ1n) is 9.78. The van der Waals surface area contributed by atoms with Gasteiger partial charge in [-0.05, 0) is 18.3 Å². The van der Waals surface area contributed by atoms with Crippen LogP contribution in [-0.4, -0.2) is 0 Å². The number of hydrogen-bond donors (Lipinski definition) is 0. The van der Waals surface area contributed by atoms with E-state index in [-0.39, 0.29) is 0 Å². The van der Waals surface area contributed by atoms with Crippen LogP contribution in [-0.2, 0) is 0 Å². The zero-order chi connectivity index (χ0) is 15.1. The molecule has 0 aliphatic carbocycles. The molecule has 0 saturated heterocycles. The van der Waals surface area contributed by atoms with E-state index in [0.29, 0.717) is 0 Å². The Bertz CT molecular complexity index is 167. The average Bonchev–Trinajstić information content (AvgIpc) is 2.43. The van der Waals surface area contributed by atoms with Crippen LogP contribution in [0.5, 0.6) is 0 Å². The van der Waals surface area contributed by atoms with Gasteiger partial charge in [-0.1, -0.05) is 111 Å². The van der Waals surface area contributed by atoms with Crippen molar-refractivity contribution in [2.75, 3.05) is 0 Å².